The Kier molecular flexibility index (Phi) is 5.63. The largest absolute Gasteiger partial charge is 0.310 e. The minimum Gasteiger partial charge on any atom is -0.310 e. The molecule has 0 spiro atoms. The number of fused-ring (bicyclic) bond motifs is 7. The minimum absolute atomic E-state index is 0.0577. The van der Waals surface area contributed by atoms with Crippen LogP contribution in [0.2, 0.25) is 0 Å². The molecule has 2 aliphatic rings. The maximum atomic E-state index is 2.49. The van der Waals surface area contributed by atoms with E-state index in [0.717, 1.165) is 0 Å². The summed E-state index contributed by atoms with van der Waals surface area (Å²) in [5, 5.41) is 2.60. The lowest BCUT2D eigenvalue weighted by atomic mass is 9.82. The fourth-order valence-corrected chi connectivity index (χ4v) is 8.01. The lowest BCUT2D eigenvalue weighted by Gasteiger charge is -2.30. The highest BCUT2D eigenvalue weighted by atomic mass is 15.1. The summed E-state index contributed by atoms with van der Waals surface area (Å²) in [5.41, 5.74) is 18.4. The van der Waals surface area contributed by atoms with E-state index in [4.69, 9.17) is 0 Å². The third kappa shape index (κ3) is 3.72. The molecule has 0 heterocycles. The van der Waals surface area contributed by atoms with E-state index in [1.165, 1.54) is 89.0 Å². The third-order valence-corrected chi connectivity index (χ3v) is 10.7. The zero-order valence-corrected chi connectivity index (χ0v) is 26.8. The van der Waals surface area contributed by atoms with Gasteiger partial charge in [-0.3, -0.25) is 0 Å². The van der Waals surface area contributed by atoms with Crippen molar-refractivity contribution >= 4 is 27.8 Å². The molecule has 216 valence electrons. The second kappa shape index (κ2) is 9.19. The Labute approximate surface area is 261 Å². The average molecular weight is 570 g/mol. The van der Waals surface area contributed by atoms with Crippen molar-refractivity contribution in [3.05, 3.63) is 148 Å². The standard InChI is InChI=1S/C43H39N/c1-26-20-28(3)41(21-27(26)2)44(32-16-18-34-33-14-10-11-15-37(33)42(4,5)40(34)25-32)31-17-19-38-36(24-31)35-22-29-12-8-9-13-30(29)23-39(35)43(38,6)7/h8-25H,1-7H3. The molecule has 0 N–H and O–H groups in total. The normalized spacial score (nSPS) is 15.1. The summed E-state index contributed by atoms with van der Waals surface area (Å²) in [7, 11) is 0. The van der Waals surface area contributed by atoms with Crippen LogP contribution in [0.5, 0.6) is 0 Å². The van der Waals surface area contributed by atoms with Gasteiger partial charge in [-0.05, 0) is 135 Å². The number of hydrogen-bond acceptors (Lipinski definition) is 1. The van der Waals surface area contributed by atoms with E-state index in [1.807, 2.05) is 0 Å². The Balaban J connectivity index is 1.36. The van der Waals surface area contributed by atoms with Gasteiger partial charge in [0.2, 0.25) is 0 Å². The van der Waals surface area contributed by atoms with Crippen molar-refractivity contribution in [3.8, 4) is 22.3 Å². The van der Waals surface area contributed by atoms with E-state index in [9.17, 15) is 0 Å². The van der Waals surface area contributed by atoms with Gasteiger partial charge in [0, 0.05) is 27.9 Å². The molecule has 6 aromatic carbocycles. The fourth-order valence-electron chi connectivity index (χ4n) is 8.01. The molecule has 44 heavy (non-hydrogen) atoms. The van der Waals surface area contributed by atoms with Crippen LogP contribution in [0.4, 0.5) is 17.1 Å². The molecule has 1 heteroatoms. The number of rotatable bonds is 3. The van der Waals surface area contributed by atoms with Crippen LogP contribution in [0.1, 0.15) is 66.6 Å². The Morgan fingerprint density at radius 1 is 0.409 bits per heavy atom. The van der Waals surface area contributed by atoms with Crippen LogP contribution in [0.25, 0.3) is 33.0 Å². The van der Waals surface area contributed by atoms with Crippen LogP contribution in [0.15, 0.2) is 109 Å². The quantitative estimate of drug-likeness (QED) is 0.205. The molecule has 6 aromatic rings. The van der Waals surface area contributed by atoms with Crippen molar-refractivity contribution in [1.82, 2.24) is 0 Å². The second-order valence-corrected chi connectivity index (χ2v) is 14.1. The molecule has 0 saturated heterocycles. The Bertz CT molecular complexity index is 2160. The van der Waals surface area contributed by atoms with Crippen molar-refractivity contribution in [1.29, 1.82) is 0 Å². The zero-order chi connectivity index (χ0) is 30.5. The van der Waals surface area contributed by atoms with E-state index in [1.54, 1.807) is 0 Å². The van der Waals surface area contributed by atoms with Gasteiger partial charge >= 0.3 is 0 Å². The van der Waals surface area contributed by atoms with Gasteiger partial charge in [-0.1, -0.05) is 94.4 Å². The Morgan fingerprint density at radius 2 is 0.955 bits per heavy atom. The number of hydrogen-bond donors (Lipinski definition) is 0. The van der Waals surface area contributed by atoms with Crippen molar-refractivity contribution in [2.45, 2.75) is 59.3 Å². The van der Waals surface area contributed by atoms with Crippen LogP contribution in [-0.2, 0) is 10.8 Å². The van der Waals surface area contributed by atoms with Gasteiger partial charge in [0.1, 0.15) is 0 Å². The van der Waals surface area contributed by atoms with E-state index in [0.29, 0.717) is 0 Å². The van der Waals surface area contributed by atoms with Crippen molar-refractivity contribution < 1.29 is 0 Å². The predicted molar refractivity (Wildman–Crippen MR) is 188 cm³/mol. The van der Waals surface area contributed by atoms with E-state index in [2.05, 4.69) is 163 Å². The predicted octanol–water partition coefficient (Wildman–Crippen LogP) is 11.8. The monoisotopic (exact) mass is 569 g/mol. The van der Waals surface area contributed by atoms with Crippen LogP contribution < -0.4 is 4.90 Å². The number of aryl methyl sites for hydroxylation is 3. The maximum Gasteiger partial charge on any atom is 0.0493 e. The van der Waals surface area contributed by atoms with Crippen LogP contribution in [-0.4, -0.2) is 0 Å². The molecule has 2 aliphatic carbocycles. The summed E-state index contributed by atoms with van der Waals surface area (Å²) < 4.78 is 0. The van der Waals surface area contributed by atoms with Crippen molar-refractivity contribution in [2.75, 3.05) is 4.90 Å². The smallest absolute Gasteiger partial charge is 0.0493 e. The number of anilines is 3. The van der Waals surface area contributed by atoms with Crippen molar-refractivity contribution in [3.63, 3.8) is 0 Å². The van der Waals surface area contributed by atoms with Gasteiger partial charge < -0.3 is 4.90 Å². The highest BCUT2D eigenvalue weighted by molar-refractivity contribution is 5.95. The topological polar surface area (TPSA) is 3.24 Å². The lowest BCUT2D eigenvalue weighted by molar-refractivity contribution is 0.660. The first-order chi connectivity index (χ1) is 21.1. The summed E-state index contributed by atoms with van der Waals surface area (Å²) in [6, 6.07) is 41.5. The first-order valence-corrected chi connectivity index (χ1v) is 15.9. The minimum atomic E-state index is -0.0617. The van der Waals surface area contributed by atoms with E-state index >= 15 is 0 Å². The summed E-state index contributed by atoms with van der Waals surface area (Å²) in [6.07, 6.45) is 0. The highest BCUT2D eigenvalue weighted by Gasteiger charge is 2.38. The molecule has 0 unspecified atom stereocenters. The summed E-state index contributed by atoms with van der Waals surface area (Å²) in [5.74, 6) is 0. The first-order valence-electron chi connectivity index (χ1n) is 15.9. The SMILES string of the molecule is Cc1cc(C)c(N(c2ccc3c(c2)-c2cc4ccccc4cc2C3(C)C)c2ccc3c(c2)C(C)(C)c2ccccc2-3)cc1C. The summed E-state index contributed by atoms with van der Waals surface area (Å²) in [4.78, 5) is 2.49. The molecule has 0 aliphatic heterocycles. The van der Waals surface area contributed by atoms with E-state index < -0.39 is 0 Å². The molecular formula is C43H39N. The Morgan fingerprint density at radius 3 is 1.73 bits per heavy atom. The fraction of sp³-hybridized carbons (Fsp3) is 0.209. The van der Waals surface area contributed by atoms with Crippen molar-refractivity contribution in [2.24, 2.45) is 0 Å². The number of nitrogens with zero attached hydrogens (tertiary/aromatic N) is 1. The molecule has 0 aromatic heterocycles. The highest BCUT2D eigenvalue weighted by Crippen LogP contribution is 2.53. The van der Waals surface area contributed by atoms with Gasteiger partial charge in [0.15, 0.2) is 0 Å². The van der Waals surface area contributed by atoms with Crippen LogP contribution in [0.3, 0.4) is 0 Å². The molecule has 8 rings (SSSR count). The summed E-state index contributed by atoms with van der Waals surface area (Å²) in [6.45, 7) is 16.2. The molecule has 0 atom stereocenters. The molecular weight excluding hydrogens is 530 g/mol. The van der Waals surface area contributed by atoms with Crippen LogP contribution in [0, 0.1) is 20.8 Å². The molecule has 1 nitrogen and oxygen atoms in total. The van der Waals surface area contributed by atoms with Gasteiger partial charge in [0.25, 0.3) is 0 Å². The van der Waals surface area contributed by atoms with E-state index in [-0.39, 0.29) is 10.8 Å². The van der Waals surface area contributed by atoms with Gasteiger partial charge in [-0.2, -0.15) is 0 Å². The molecule has 0 saturated carbocycles. The lowest BCUT2D eigenvalue weighted by Crippen LogP contribution is -2.17. The summed E-state index contributed by atoms with van der Waals surface area (Å²) >= 11 is 0. The Hall–Kier alpha value is -4.62. The second-order valence-electron chi connectivity index (χ2n) is 14.1. The number of benzene rings is 6. The molecule has 0 fully saturated rings. The van der Waals surface area contributed by atoms with Gasteiger partial charge in [0.05, 0.1) is 0 Å². The maximum absolute atomic E-state index is 2.49. The zero-order valence-electron chi connectivity index (χ0n) is 26.8. The first kappa shape index (κ1) is 27.0. The van der Waals surface area contributed by atoms with Gasteiger partial charge in [-0.25, -0.2) is 0 Å². The molecule has 0 bridgehead atoms. The van der Waals surface area contributed by atoms with Crippen LogP contribution >= 0.6 is 0 Å². The van der Waals surface area contributed by atoms with Gasteiger partial charge in [-0.15, -0.1) is 0 Å². The third-order valence-electron chi connectivity index (χ3n) is 10.7. The molecule has 0 amide bonds. The molecule has 0 radical (unpaired) electrons. The average Bonchev–Trinajstić information content (AvgIpc) is 3.37.